The minimum absolute atomic E-state index is 0.450. The summed E-state index contributed by atoms with van der Waals surface area (Å²) in [4.78, 5) is 3.65. The van der Waals surface area contributed by atoms with Crippen LogP contribution in [0.4, 0.5) is 13.2 Å². The molecule has 1 heterocycles. The van der Waals surface area contributed by atoms with Gasteiger partial charge in [0.25, 0.3) is 0 Å². The van der Waals surface area contributed by atoms with Gasteiger partial charge < -0.3 is 0 Å². The number of aromatic nitrogens is 1. The third-order valence-corrected chi connectivity index (χ3v) is 2.00. The van der Waals surface area contributed by atoms with Gasteiger partial charge in [-0.2, -0.15) is 0 Å². The van der Waals surface area contributed by atoms with Gasteiger partial charge in [-0.1, -0.05) is 6.07 Å². The van der Waals surface area contributed by atoms with E-state index in [2.05, 4.69) is 4.98 Å². The van der Waals surface area contributed by atoms with E-state index in [9.17, 15) is 13.2 Å². The van der Waals surface area contributed by atoms with Crippen molar-refractivity contribution in [2.24, 2.45) is 0 Å². The molecule has 0 saturated heterocycles. The Balaban J connectivity index is 2.24. The number of hydrogen-bond donors (Lipinski definition) is 0. The van der Waals surface area contributed by atoms with Gasteiger partial charge in [-0.05, 0) is 29.3 Å². The predicted molar refractivity (Wildman–Crippen MR) is 53.1 cm³/mol. The third-order valence-electron chi connectivity index (χ3n) is 2.00. The lowest BCUT2D eigenvalue weighted by molar-refractivity contribution is 0.508. The van der Waals surface area contributed by atoms with Crippen LogP contribution in [0.2, 0.25) is 0 Å². The van der Waals surface area contributed by atoms with E-state index in [1.165, 1.54) is 24.8 Å². The van der Waals surface area contributed by atoms with Crippen molar-refractivity contribution in [2.75, 3.05) is 0 Å². The molecule has 0 bridgehead atoms. The molecule has 0 atom stereocenters. The number of nitrogens with zero attached hydrogens (tertiary/aromatic N) is 1. The summed E-state index contributed by atoms with van der Waals surface area (Å²) in [7, 11) is 0. The molecule has 0 N–H and O–H groups in total. The summed E-state index contributed by atoms with van der Waals surface area (Å²) >= 11 is 0. The highest BCUT2D eigenvalue weighted by Gasteiger charge is 2.04. The maximum atomic E-state index is 12.9. The second kappa shape index (κ2) is 4.35. The van der Waals surface area contributed by atoms with E-state index in [1.807, 2.05) is 0 Å². The topological polar surface area (TPSA) is 12.9 Å². The van der Waals surface area contributed by atoms with Crippen LogP contribution in [-0.4, -0.2) is 4.98 Å². The summed E-state index contributed by atoms with van der Waals surface area (Å²) in [5.74, 6) is -2.32. The zero-order chi connectivity index (χ0) is 11.5. The Hall–Kier alpha value is -1.84. The molecule has 1 radical (unpaired) electrons. The zero-order valence-electron chi connectivity index (χ0n) is 8.12. The molecule has 1 nitrogen and oxygen atoms in total. The molecule has 0 aliphatic carbocycles. The highest BCUT2D eigenvalue weighted by atomic mass is 19.2. The fourth-order valence-electron chi connectivity index (χ4n) is 1.30. The molecule has 16 heavy (non-hydrogen) atoms. The maximum absolute atomic E-state index is 12.9. The fraction of sp³-hybridized carbons (Fsp3) is 0. The fourth-order valence-corrected chi connectivity index (χ4v) is 1.30. The van der Waals surface area contributed by atoms with Gasteiger partial charge in [-0.15, -0.1) is 0 Å². The molecular weight excluding hydrogens is 215 g/mol. The van der Waals surface area contributed by atoms with Crippen LogP contribution in [0.3, 0.4) is 0 Å². The van der Waals surface area contributed by atoms with Crippen molar-refractivity contribution in [3.63, 3.8) is 0 Å². The first kappa shape index (κ1) is 10.7. The SMILES string of the molecule is Fc1cncc([CH]c2ccc(F)c(F)c2)c1. The van der Waals surface area contributed by atoms with Gasteiger partial charge in [-0.3, -0.25) is 4.98 Å². The number of benzene rings is 1. The molecule has 2 rings (SSSR count). The average Bonchev–Trinajstić information content (AvgIpc) is 2.24. The van der Waals surface area contributed by atoms with Crippen LogP contribution in [0.15, 0.2) is 36.7 Å². The smallest absolute Gasteiger partial charge is 0.159 e. The van der Waals surface area contributed by atoms with Crippen LogP contribution in [0, 0.1) is 23.9 Å². The summed E-state index contributed by atoms with van der Waals surface area (Å²) in [6.45, 7) is 0. The van der Waals surface area contributed by atoms with Crippen LogP contribution >= 0.6 is 0 Å². The molecule has 0 saturated carbocycles. The van der Waals surface area contributed by atoms with Gasteiger partial charge in [0.05, 0.1) is 6.20 Å². The zero-order valence-corrected chi connectivity index (χ0v) is 8.12. The molecule has 1 aromatic heterocycles. The average molecular weight is 222 g/mol. The molecule has 0 aliphatic rings. The quantitative estimate of drug-likeness (QED) is 0.760. The Morgan fingerprint density at radius 1 is 0.875 bits per heavy atom. The summed E-state index contributed by atoms with van der Waals surface area (Å²) in [5, 5.41) is 0. The largest absolute Gasteiger partial charge is 0.261 e. The molecule has 1 aromatic carbocycles. The van der Waals surface area contributed by atoms with E-state index in [-0.39, 0.29) is 0 Å². The van der Waals surface area contributed by atoms with Crippen molar-refractivity contribution in [3.05, 3.63) is 71.7 Å². The highest BCUT2D eigenvalue weighted by Crippen LogP contribution is 2.15. The molecule has 0 fully saturated rings. The molecular formula is C12H7F3N. The number of rotatable bonds is 2. The molecule has 0 amide bonds. The molecule has 0 spiro atoms. The minimum atomic E-state index is -0.932. The lowest BCUT2D eigenvalue weighted by atomic mass is 10.1. The summed E-state index contributed by atoms with van der Waals surface area (Å²) in [5.41, 5.74) is 0.942. The monoisotopic (exact) mass is 222 g/mol. The van der Waals surface area contributed by atoms with E-state index < -0.39 is 17.5 Å². The van der Waals surface area contributed by atoms with Gasteiger partial charge in [0, 0.05) is 12.6 Å². The molecule has 2 aromatic rings. The minimum Gasteiger partial charge on any atom is -0.261 e. The van der Waals surface area contributed by atoms with Crippen molar-refractivity contribution in [2.45, 2.75) is 0 Å². The first-order chi connectivity index (χ1) is 7.65. The number of hydrogen-bond acceptors (Lipinski definition) is 1. The van der Waals surface area contributed by atoms with Crippen LogP contribution in [-0.2, 0) is 0 Å². The first-order valence-corrected chi connectivity index (χ1v) is 4.55. The highest BCUT2D eigenvalue weighted by molar-refractivity contribution is 5.35. The van der Waals surface area contributed by atoms with E-state index in [1.54, 1.807) is 0 Å². The molecule has 4 heteroatoms. The van der Waals surface area contributed by atoms with Gasteiger partial charge in [0.2, 0.25) is 0 Å². The Kier molecular flexibility index (Phi) is 2.90. The number of pyridine rings is 1. The summed E-state index contributed by atoms with van der Waals surface area (Å²) in [6, 6.07) is 4.73. The van der Waals surface area contributed by atoms with E-state index >= 15 is 0 Å². The van der Waals surface area contributed by atoms with Crippen molar-refractivity contribution in [1.82, 2.24) is 4.98 Å². The van der Waals surface area contributed by atoms with Gasteiger partial charge in [0.15, 0.2) is 11.6 Å². The Bertz CT molecular complexity index is 511. The Morgan fingerprint density at radius 3 is 2.38 bits per heavy atom. The van der Waals surface area contributed by atoms with Crippen LogP contribution in [0.25, 0.3) is 0 Å². The van der Waals surface area contributed by atoms with Crippen molar-refractivity contribution in [1.29, 1.82) is 0 Å². The first-order valence-electron chi connectivity index (χ1n) is 4.55. The van der Waals surface area contributed by atoms with Crippen LogP contribution in [0.1, 0.15) is 11.1 Å². The number of halogens is 3. The second-order valence-corrected chi connectivity index (χ2v) is 3.25. The standard InChI is InChI=1S/C12H7F3N/c13-10-4-9(6-16-7-10)3-8-1-2-11(14)12(15)5-8/h1-7H. The molecule has 81 valence electrons. The molecule has 0 unspecified atom stereocenters. The Labute approximate surface area is 90.6 Å². The van der Waals surface area contributed by atoms with Crippen molar-refractivity contribution >= 4 is 0 Å². The van der Waals surface area contributed by atoms with E-state index in [0.29, 0.717) is 11.1 Å². The third kappa shape index (κ3) is 2.39. The van der Waals surface area contributed by atoms with E-state index in [0.717, 1.165) is 18.3 Å². The lowest BCUT2D eigenvalue weighted by Gasteiger charge is -2.01. The van der Waals surface area contributed by atoms with Gasteiger partial charge >= 0.3 is 0 Å². The molecule has 0 aliphatic heterocycles. The van der Waals surface area contributed by atoms with Crippen molar-refractivity contribution in [3.8, 4) is 0 Å². The second-order valence-electron chi connectivity index (χ2n) is 3.25. The summed E-state index contributed by atoms with van der Waals surface area (Å²) < 4.78 is 38.3. The van der Waals surface area contributed by atoms with Gasteiger partial charge in [0.1, 0.15) is 5.82 Å². The normalized spacial score (nSPS) is 10.4. The lowest BCUT2D eigenvalue weighted by Crippen LogP contribution is -1.91. The Morgan fingerprint density at radius 2 is 1.69 bits per heavy atom. The predicted octanol–water partition coefficient (Wildman–Crippen LogP) is 3.10. The maximum Gasteiger partial charge on any atom is 0.159 e. The van der Waals surface area contributed by atoms with Gasteiger partial charge in [-0.25, -0.2) is 13.2 Å². The van der Waals surface area contributed by atoms with Crippen LogP contribution in [0.5, 0.6) is 0 Å². The van der Waals surface area contributed by atoms with Crippen molar-refractivity contribution < 1.29 is 13.2 Å². The summed E-state index contributed by atoms with van der Waals surface area (Å²) in [6.07, 6.45) is 4.02. The van der Waals surface area contributed by atoms with E-state index in [4.69, 9.17) is 0 Å². The van der Waals surface area contributed by atoms with Crippen LogP contribution < -0.4 is 0 Å².